The summed E-state index contributed by atoms with van der Waals surface area (Å²) in [6.07, 6.45) is 1.08. The summed E-state index contributed by atoms with van der Waals surface area (Å²) in [5.41, 5.74) is 4.89. The van der Waals surface area contributed by atoms with Gasteiger partial charge in [0.2, 0.25) is 0 Å². The molecule has 0 amide bonds. The largest absolute Gasteiger partial charge is 0.488 e. The third kappa shape index (κ3) is 8.79. The number of aliphatic imine (C=N–C) groups is 1. The van der Waals surface area contributed by atoms with Crippen LogP contribution >= 0.6 is 24.0 Å². The maximum atomic E-state index is 6.21. The van der Waals surface area contributed by atoms with Crippen LogP contribution in [0.3, 0.4) is 0 Å². The molecule has 3 rings (SSSR count). The zero-order chi connectivity index (χ0) is 22.8. The summed E-state index contributed by atoms with van der Waals surface area (Å²) >= 11 is 0. The molecule has 6 nitrogen and oxygen atoms in total. The lowest BCUT2D eigenvalue weighted by Gasteiger charge is -2.18. The van der Waals surface area contributed by atoms with Crippen LogP contribution in [0.5, 0.6) is 5.75 Å². The van der Waals surface area contributed by atoms with Gasteiger partial charge in [0.15, 0.2) is 5.96 Å². The van der Waals surface area contributed by atoms with Crippen LogP contribution in [0.1, 0.15) is 42.5 Å². The van der Waals surface area contributed by atoms with Gasteiger partial charge in [0.1, 0.15) is 11.9 Å². The van der Waals surface area contributed by atoms with Crippen molar-refractivity contribution in [3.63, 3.8) is 0 Å². The highest BCUT2D eigenvalue weighted by Gasteiger charge is 2.18. The van der Waals surface area contributed by atoms with Crippen molar-refractivity contribution < 1.29 is 9.47 Å². The molecule has 1 atom stereocenters. The Kier molecular flexibility index (Phi) is 12.0. The number of halogens is 1. The number of hydrogen-bond acceptors (Lipinski definition) is 4. The summed E-state index contributed by atoms with van der Waals surface area (Å²) in [6, 6.07) is 15.2. The van der Waals surface area contributed by atoms with Crippen molar-refractivity contribution in [1.82, 2.24) is 15.5 Å². The highest BCUT2D eigenvalue weighted by atomic mass is 127. The molecule has 2 N–H and O–H groups in total. The van der Waals surface area contributed by atoms with Crippen molar-refractivity contribution in [2.45, 2.75) is 52.9 Å². The minimum absolute atomic E-state index is 0. The first kappa shape index (κ1) is 27.4. The van der Waals surface area contributed by atoms with E-state index < -0.39 is 0 Å². The summed E-state index contributed by atoms with van der Waals surface area (Å²) < 4.78 is 11.7. The van der Waals surface area contributed by atoms with E-state index in [1.807, 2.05) is 0 Å². The molecular weight excluding hydrogens is 527 g/mol. The van der Waals surface area contributed by atoms with Gasteiger partial charge in [-0.15, -0.1) is 24.0 Å². The summed E-state index contributed by atoms with van der Waals surface area (Å²) in [5, 5.41) is 6.82. The van der Waals surface area contributed by atoms with Gasteiger partial charge in [-0.2, -0.15) is 0 Å². The third-order valence-electron chi connectivity index (χ3n) is 5.86. The molecule has 2 aromatic rings. The van der Waals surface area contributed by atoms with Gasteiger partial charge >= 0.3 is 0 Å². The quantitative estimate of drug-likeness (QED) is 0.252. The lowest BCUT2D eigenvalue weighted by atomic mass is 10.1. The van der Waals surface area contributed by atoms with Gasteiger partial charge in [-0.3, -0.25) is 9.89 Å². The van der Waals surface area contributed by atoms with E-state index in [2.05, 4.69) is 83.8 Å². The molecule has 1 fully saturated rings. The van der Waals surface area contributed by atoms with Gasteiger partial charge in [0.25, 0.3) is 0 Å². The first-order valence-corrected chi connectivity index (χ1v) is 11.7. The Labute approximate surface area is 216 Å². The SMILES string of the molecule is CCN(CC)Cc1ccc(CNC(=NC)NCc2ccc(C)cc2OC2CCOC2)cc1.I. The highest BCUT2D eigenvalue weighted by Crippen LogP contribution is 2.23. The summed E-state index contributed by atoms with van der Waals surface area (Å²) in [7, 11) is 1.80. The Morgan fingerprint density at radius 3 is 2.39 bits per heavy atom. The van der Waals surface area contributed by atoms with Crippen molar-refractivity contribution in [1.29, 1.82) is 0 Å². The minimum atomic E-state index is 0. The monoisotopic (exact) mass is 566 g/mol. The molecule has 0 aromatic heterocycles. The van der Waals surface area contributed by atoms with E-state index in [0.29, 0.717) is 13.2 Å². The van der Waals surface area contributed by atoms with Crippen molar-refractivity contribution in [2.24, 2.45) is 4.99 Å². The lowest BCUT2D eigenvalue weighted by molar-refractivity contribution is 0.140. The molecule has 0 radical (unpaired) electrons. The van der Waals surface area contributed by atoms with Gasteiger partial charge < -0.3 is 20.1 Å². The number of nitrogens with one attached hydrogen (secondary N) is 2. The maximum Gasteiger partial charge on any atom is 0.191 e. The molecule has 2 aromatic carbocycles. The van der Waals surface area contributed by atoms with Crippen LogP contribution in [0.4, 0.5) is 0 Å². The van der Waals surface area contributed by atoms with Gasteiger partial charge in [-0.25, -0.2) is 0 Å². The molecule has 182 valence electrons. The average molecular weight is 567 g/mol. The number of guanidine groups is 1. The fourth-order valence-electron chi connectivity index (χ4n) is 3.76. The minimum Gasteiger partial charge on any atom is -0.488 e. The van der Waals surface area contributed by atoms with Crippen LogP contribution in [0, 0.1) is 6.92 Å². The maximum absolute atomic E-state index is 6.21. The molecule has 1 aliphatic heterocycles. The van der Waals surface area contributed by atoms with Gasteiger partial charge in [0.05, 0.1) is 13.2 Å². The van der Waals surface area contributed by atoms with E-state index in [1.165, 1.54) is 16.7 Å². The van der Waals surface area contributed by atoms with E-state index >= 15 is 0 Å². The second-order valence-corrected chi connectivity index (χ2v) is 8.27. The first-order valence-electron chi connectivity index (χ1n) is 11.7. The molecule has 0 bridgehead atoms. The van der Waals surface area contributed by atoms with Crippen molar-refractivity contribution in [3.8, 4) is 5.75 Å². The van der Waals surface area contributed by atoms with Crippen molar-refractivity contribution in [2.75, 3.05) is 33.4 Å². The van der Waals surface area contributed by atoms with Crippen molar-refractivity contribution >= 4 is 29.9 Å². The second kappa shape index (κ2) is 14.4. The van der Waals surface area contributed by atoms with E-state index in [-0.39, 0.29) is 30.1 Å². The molecular formula is C26H39IN4O2. The number of rotatable bonds is 10. The van der Waals surface area contributed by atoms with Crippen LogP contribution in [-0.4, -0.2) is 50.3 Å². The van der Waals surface area contributed by atoms with Crippen LogP contribution in [0.25, 0.3) is 0 Å². The molecule has 0 spiro atoms. The smallest absolute Gasteiger partial charge is 0.191 e. The Morgan fingerprint density at radius 2 is 1.76 bits per heavy atom. The Balaban J connectivity index is 0.00000385. The normalized spacial score (nSPS) is 15.9. The number of hydrogen-bond donors (Lipinski definition) is 2. The summed E-state index contributed by atoms with van der Waals surface area (Å²) in [5.74, 6) is 1.69. The average Bonchev–Trinajstić information content (AvgIpc) is 3.32. The molecule has 1 heterocycles. The topological polar surface area (TPSA) is 58.1 Å². The second-order valence-electron chi connectivity index (χ2n) is 8.27. The first-order chi connectivity index (χ1) is 15.6. The fraction of sp³-hybridized carbons (Fsp3) is 0.500. The predicted octanol–water partition coefficient (Wildman–Crippen LogP) is 4.49. The van der Waals surface area contributed by atoms with Crippen LogP contribution in [0.2, 0.25) is 0 Å². The van der Waals surface area contributed by atoms with Gasteiger partial charge in [-0.05, 0) is 42.8 Å². The Hall–Kier alpha value is -1.84. The fourth-order valence-corrected chi connectivity index (χ4v) is 3.76. The molecule has 1 aliphatic rings. The standard InChI is InChI=1S/C26H38N4O2.HI/c1-5-30(6-2)18-22-10-8-21(9-11-22)16-28-26(27-4)29-17-23-12-7-20(3)15-25(23)32-24-13-14-31-19-24;/h7-12,15,24H,5-6,13-14,16-19H2,1-4H3,(H2,27,28,29);1H. The molecule has 1 unspecified atom stereocenters. The van der Waals surface area contributed by atoms with Gasteiger partial charge in [0, 0.05) is 38.7 Å². The van der Waals surface area contributed by atoms with Crippen molar-refractivity contribution in [3.05, 3.63) is 64.7 Å². The highest BCUT2D eigenvalue weighted by molar-refractivity contribution is 14.0. The number of aryl methyl sites for hydroxylation is 1. The van der Waals surface area contributed by atoms with Crippen LogP contribution in [-0.2, 0) is 24.4 Å². The lowest BCUT2D eigenvalue weighted by Crippen LogP contribution is -2.36. The van der Waals surface area contributed by atoms with E-state index in [9.17, 15) is 0 Å². The van der Waals surface area contributed by atoms with Gasteiger partial charge in [-0.1, -0.05) is 50.2 Å². The Morgan fingerprint density at radius 1 is 1.06 bits per heavy atom. The van der Waals surface area contributed by atoms with E-state index in [0.717, 1.165) is 56.5 Å². The number of ether oxygens (including phenoxy) is 2. The summed E-state index contributed by atoms with van der Waals surface area (Å²) in [6.45, 7) is 12.4. The molecule has 7 heteroatoms. The molecule has 1 saturated heterocycles. The zero-order valence-electron chi connectivity index (χ0n) is 20.4. The summed E-state index contributed by atoms with van der Waals surface area (Å²) in [4.78, 5) is 6.79. The van der Waals surface area contributed by atoms with E-state index in [4.69, 9.17) is 9.47 Å². The van der Waals surface area contributed by atoms with Crippen LogP contribution < -0.4 is 15.4 Å². The molecule has 0 aliphatic carbocycles. The molecule has 33 heavy (non-hydrogen) atoms. The zero-order valence-corrected chi connectivity index (χ0v) is 22.7. The Bertz CT molecular complexity index is 863. The number of benzene rings is 2. The number of nitrogens with zero attached hydrogens (tertiary/aromatic N) is 2. The predicted molar refractivity (Wildman–Crippen MR) is 147 cm³/mol. The molecule has 0 saturated carbocycles. The van der Waals surface area contributed by atoms with Crippen LogP contribution in [0.15, 0.2) is 47.5 Å². The third-order valence-corrected chi connectivity index (χ3v) is 5.86. The van der Waals surface area contributed by atoms with E-state index in [1.54, 1.807) is 7.05 Å².